The Morgan fingerprint density at radius 2 is 2.19 bits per heavy atom. The van der Waals surface area contributed by atoms with E-state index in [0.29, 0.717) is 23.7 Å². The maximum absolute atomic E-state index is 12.0. The highest BCUT2D eigenvalue weighted by Crippen LogP contribution is 2.21. The third-order valence-electron chi connectivity index (χ3n) is 3.06. The van der Waals surface area contributed by atoms with Gasteiger partial charge in [-0.25, -0.2) is 4.98 Å². The van der Waals surface area contributed by atoms with Gasteiger partial charge < -0.3 is 14.8 Å². The van der Waals surface area contributed by atoms with Gasteiger partial charge in [-0.15, -0.1) is 11.3 Å². The highest BCUT2D eigenvalue weighted by Gasteiger charge is 2.14. The van der Waals surface area contributed by atoms with E-state index in [9.17, 15) is 9.90 Å². The van der Waals surface area contributed by atoms with Crippen LogP contribution in [0.5, 0.6) is 0 Å². The van der Waals surface area contributed by atoms with Crippen LogP contribution in [0.4, 0.5) is 0 Å². The molecule has 0 spiro atoms. The first-order valence-corrected chi connectivity index (χ1v) is 7.41. The van der Waals surface area contributed by atoms with Crippen LogP contribution in [-0.2, 0) is 0 Å². The number of aromatic nitrogens is 1. The van der Waals surface area contributed by atoms with Gasteiger partial charge >= 0.3 is 0 Å². The van der Waals surface area contributed by atoms with Crippen molar-refractivity contribution in [2.75, 3.05) is 6.54 Å². The molecule has 2 heterocycles. The number of thiazole rings is 1. The monoisotopic (exact) mass is 302 g/mol. The second-order valence-corrected chi connectivity index (χ2v) is 5.59. The minimum Gasteiger partial charge on any atom is -0.467 e. The number of aliphatic hydroxyl groups is 1. The van der Waals surface area contributed by atoms with E-state index >= 15 is 0 Å². The zero-order valence-electron chi connectivity index (χ0n) is 11.2. The molecule has 1 amide bonds. The van der Waals surface area contributed by atoms with Crippen LogP contribution in [0.3, 0.4) is 0 Å². The number of fused-ring (bicyclic) bond motifs is 1. The summed E-state index contributed by atoms with van der Waals surface area (Å²) in [5.74, 6) is 0.284. The lowest BCUT2D eigenvalue weighted by molar-refractivity contribution is 0.0936. The van der Waals surface area contributed by atoms with Crippen molar-refractivity contribution in [2.24, 2.45) is 0 Å². The number of furan rings is 1. The van der Waals surface area contributed by atoms with Crippen LogP contribution in [0.1, 0.15) is 28.1 Å². The molecule has 1 atom stereocenters. The van der Waals surface area contributed by atoms with Crippen LogP contribution < -0.4 is 5.32 Å². The quantitative estimate of drug-likeness (QED) is 0.760. The smallest absolute Gasteiger partial charge is 0.280 e. The van der Waals surface area contributed by atoms with Gasteiger partial charge in [-0.3, -0.25) is 4.79 Å². The first-order chi connectivity index (χ1) is 10.2. The number of aliphatic hydroxyl groups excluding tert-OH is 1. The molecule has 3 rings (SSSR count). The summed E-state index contributed by atoms with van der Waals surface area (Å²) in [6, 6.07) is 11.1. The third kappa shape index (κ3) is 3.12. The number of rotatable bonds is 5. The maximum atomic E-state index is 12.0. The Hall–Kier alpha value is -2.18. The molecular formula is C15H14N2O3S. The predicted octanol–water partition coefficient (Wildman–Crippen LogP) is 2.74. The number of carbonyl (C=O) groups is 1. The van der Waals surface area contributed by atoms with E-state index in [2.05, 4.69) is 10.3 Å². The molecule has 0 saturated heterocycles. The number of hydrogen-bond acceptors (Lipinski definition) is 5. The number of para-hydroxylation sites is 1. The van der Waals surface area contributed by atoms with E-state index in [1.807, 2.05) is 24.3 Å². The molecule has 0 fully saturated rings. The van der Waals surface area contributed by atoms with E-state index in [1.165, 1.54) is 17.6 Å². The zero-order chi connectivity index (χ0) is 14.7. The van der Waals surface area contributed by atoms with Crippen molar-refractivity contribution in [3.8, 4) is 0 Å². The van der Waals surface area contributed by atoms with Crippen LogP contribution in [0.2, 0.25) is 0 Å². The lowest BCUT2D eigenvalue weighted by atomic mass is 10.2. The lowest BCUT2D eigenvalue weighted by Gasteiger charge is -2.07. The van der Waals surface area contributed by atoms with E-state index in [-0.39, 0.29) is 5.91 Å². The number of amides is 1. The molecule has 1 unspecified atom stereocenters. The van der Waals surface area contributed by atoms with Gasteiger partial charge in [-0.2, -0.15) is 0 Å². The Bertz CT molecular complexity index is 703. The number of benzene rings is 1. The number of carbonyl (C=O) groups excluding carboxylic acids is 1. The van der Waals surface area contributed by atoms with Crippen molar-refractivity contribution in [2.45, 2.75) is 12.5 Å². The van der Waals surface area contributed by atoms with Gasteiger partial charge in [0.1, 0.15) is 11.9 Å². The lowest BCUT2D eigenvalue weighted by Crippen LogP contribution is -2.25. The van der Waals surface area contributed by atoms with Gasteiger partial charge in [0.2, 0.25) is 0 Å². The molecule has 0 saturated carbocycles. The second kappa shape index (κ2) is 6.07. The average molecular weight is 302 g/mol. The van der Waals surface area contributed by atoms with Crippen LogP contribution >= 0.6 is 11.3 Å². The van der Waals surface area contributed by atoms with E-state index < -0.39 is 6.10 Å². The van der Waals surface area contributed by atoms with Crippen LogP contribution in [0.15, 0.2) is 47.1 Å². The van der Waals surface area contributed by atoms with E-state index in [0.717, 1.165) is 10.2 Å². The minimum atomic E-state index is -0.712. The molecule has 6 heteroatoms. The molecule has 1 aromatic carbocycles. The Labute approximate surface area is 125 Å². The van der Waals surface area contributed by atoms with Crippen molar-refractivity contribution in [1.82, 2.24) is 10.3 Å². The fourth-order valence-corrected chi connectivity index (χ4v) is 2.87. The number of hydrogen-bond donors (Lipinski definition) is 2. The van der Waals surface area contributed by atoms with Crippen molar-refractivity contribution in [3.05, 3.63) is 53.4 Å². The summed E-state index contributed by atoms with van der Waals surface area (Å²) in [6.45, 7) is 0.358. The maximum Gasteiger partial charge on any atom is 0.280 e. The van der Waals surface area contributed by atoms with Crippen molar-refractivity contribution in [3.63, 3.8) is 0 Å². The van der Waals surface area contributed by atoms with Gasteiger partial charge in [0.15, 0.2) is 5.01 Å². The molecular weight excluding hydrogens is 288 g/mol. The summed E-state index contributed by atoms with van der Waals surface area (Å²) in [5.41, 5.74) is 0.822. The molecule has 3 aromatic rings. The first kappa shape index (κ1) is 13.8. The van der Waals surface area contributed by atoms with Gasteiger partial charge in [-0.1, -0.05) is 12.1 Å². The third-order valence-corrected chi connectivity index (χ3v) is 4.10. The van der Waals surface area contributed by atoms with Crippen molar-refractivity contribution in [1.29, 1.82) is 0 Å². The van der Waals surface area contributed by atoms with Crippen LogP contribution in [-0.4, -0.2) is 22.5 Å². The Kier molecular flexibility index (Phi) is 3.98. The summed E-state index contributed by atoms with van der Waals surface area (Å²) in [7, 11) is 0. The van der Waals surface area contributed by atoms with Crippen LogP contribution in [0, 0.1) is 0 Å². The molecule has 21 heavy (non-hydrogen) atoms. The van der Waals surface area contributed by atoms with E-state index in [4.69, 9.17) is 4.42 Å². The summed E-state index contributed by atoms with van der Waals surface area (Å²) < 4.78 is 6.09. The van der Waals surface area contributed by atoms with Crippen molar-refractivity contribution < 1.29 is 14.3 Å². The second-order valence-electron chi connectivity index (χ2n) is 4.56. The van der Waals surface area contributed by atoms with Crippen molar-refractivity contribution >= 4 is 27.5 Å². The molecule has 2 N–H and O–H groups in total. The molecule has 5 nitrogen and oxygen atoms in total. The topological polar surface area (TPSA) is 75.4 Å². The molecule has 108 valence electrons. The van der Waals surface area contributed by atoms with E-state index in [1.54, 1.807) is 12.1 Å². The minimum absolute atomic E-state index is 0.220. The fourth-order valence-electron chi connectivity index (χ4n) is 1.99. The standard InChI is InChI=1S/C15H14N2O3S/c18-11(12-5-3-9-20-12)7-8-16-14(19)15-17-10-4-1-2-6-13(10)21-15/h1-6,9,11,18H,7-8H2,(H,16,19). The SMILES string of the molecule is O=C(NCCC(O)c1ccco1)c1nc2ccccc2s1. The molecule has 0 aliphatic carbocycles. The van der Waals surface area contributed by atoms with Gasteiger partial charge in [0.05, 0.1) is 16.5 Å². The Morgan fingerprint density at radius 1 is 1.33 bits per heavy atom. The summed E-state index contributed by atoms with van der Waals surface area (Å²) in [4.78, 5) is 16.3. The molecule has 2 aromatic heterocycles. The first-order valence-electron chi connectivity index (χ1n) is 6.59. The van der Waals surface area contributed by atoms with Crippen LogP contribution in [0.25, 0.3) is 10.2 Å². The molecule has 0 aliphatic rings. The number of nitrogens with zero attached hydrogens (tertiary/aromatic N) is 1. The normalized spacial score (nSPS) is 12.4. The molecule has 0 aliphatic heterocycles. The largest absolute Gasteiger partial charge is 0.467 e. The number of nitrogens with one attached hydrogen (secondary N) is 1. The Balaban J connectivity index is 1.56. The predicted molar refractivity (Wildman–Crippen MR) is 80.2 cm³/mol. The summed E-state index contributed by atoms with van der Waals surface area (Å²) in [6.07, 6.45) is 1.19. The molecule has 0 radical (unpaired) electrons. The summed E-state index contributed by atoms with van der Waals surface area (Å²) in [5, 5.41) is 13.0. The summed E-state index contributed by atoms with van der Waals surface area (Å²) >= 11 is 1.36. The van der Waals surface area contributed by atoms with Gasteiger partial charge in [0.25, 0.3) is 5.91 Å². The fraction of sp³-hybridized carbons (Fsp3) is 0.200. The average Bonchev–Trinajstić information content (AvgIpc) is 3.16. The van der Waals surface area contributed by atoms with Gasteiger partial charge in [0, 0.05) is 6.54 Å². The Morgan fingerprint density at radius 3 is 2.95 bits per heavy atom. The van der Waals surface area contributed by atoms with Gasteiger partial charge in [-0.05, 0) is 30.7 Å². The highest BCUT2D eigenvalue weighted by molar-refractivity contribution is 7.20. The molecule has 0 bridgehead atoms. The zero-order valence-corrected chi connectivity index (χ0v) is 12.0. The highest BCUT2D eigenvalue weighted by atomic mass is 32.1.